The summed E-state index contributed by atoms with van der Waals surface area (Å²) in [5, 5.41) is 8.79. The Bertz CT molecular complexity index is 316. The fourth-order valence-electron chi connectivity index (χ4n) is 0.732. The van der Waals surface area contributed by atoms with Crippen LogP contribution in [-0.4, -0.2) is 16.1 Å². The predicted octanol–water partition coefficient (Wildman–Crippen LogP) is 2.12. The number of aliphatic carboxylic acids is 1. The molecule has 0 fully saturated rings. The third kappa shape index (κ3) is 2.46. The number of aromatic nitrogens is 1. The number of halogens is 2. The average Bonchev–Trinajstić information content (AvgIpc) is 1.96. The van der Waals surface area contributed by atoms with E-state index in [4.69, 9.17) is 16.7 Å². The molecule has 0 aromatic carbocycles. The lowest BCUT2D eigenvalue weighted by Gasteiger charge is -1.98. The summed E-state index contributed by atoms with van der Waals surface area (Å²) in [5.41, 5.74) is 0.624. The van der Waals surface area contributed by atoms with E-state index in [2.05, 4.69) is 20.9 Å². The summed E-state index contributed by atoms with van der Waals surface area (Å²) in [5.74, 6) is -0.883. The lowest BCUT2D eigenvalue weighted by molar-refractivity contribution is -0.136. The van der Waals surface area contributed by atoms with Crippen molar-refractivity contribution in [2.45, 2.75) is 6.42 Å². The maximum Gasteiger partial charge on any atom is 0.307 e. The van der Waals surface area contributed by atoms with Gasteiger partial charge < -0.3 is 5.11 Å². The molecule has 0 spiro atoms. The molecule has 0 aliphatic heterocycles. The van der Waals surface area contributed by atoms with Crippen molar-refractivity contribution in [3.63, 3.8) is 0 Å². The highest BCUT2D eigenvalue weighted by molar-refractivity contribution is 9.10. The zero-order valence-corrected chi connectivity index (χ0v) is 8.26. The Balaban J connectivity index is 2.89. The molecule has 0 radical (unpaired) electrons. The van der Waals surface area contributed by atoms with Gasteiger partial charge in [0.1, 0.15) is 5.15 Å². The largest absolute Gasteiger partial charge is 0.481 e. The number of hydrogen-bond donors (Lipinski definition) is 1. The van der Waals surface area contributed by atoms with Crippen molar-refractivity contribution in [2.75, 3.05) is 0 Å². The van der Waals surface area contributed by atoms with E-state index >= 15 is 0 Å². The summed E-state index contributed by atoms with van der Waals surface area (Å²) in [6.07, 6.45) is 1.41. The van der Waals surface area contributed by atoms with Gasteiger partial charge in [0.05, 0.1) is 10.9 Å². The van der Waals surface area contributed by atoms with E-state index in [9.17, 15) is 4.79 Å². The van der Waals surface area contributed by atoms with Crippen LogP contribution in [0.15, 0.2) is 16.7 Å². The van der Waals surface area contributed by atoms with Crippen molar-refractivity contribution < 1.29 is 9.90 Å². The van der Waals surface area contributed by atoms with E-state index in [0.29, 0.717) is 15.2 Å². The van der Waals surface area contributed by atoms with E-state index in [1.54, 1.807) is 6.07 Å². The highest BCUT2D eigenvalue weighted by Gasteiger charge is 2.03. The van der Waals surface area contributed by atoms with E-state index in [-0.39, 0.29) is 6.42 Å². The first-order chi connectivity index (χ1) is 5.59. The van der Waals surface area contributed by atoms with Gasteiger partial charge in [0.25, 0.3) is 0 Å². The second-order valence-electron chi connectivity index (χ2n) is 2.19. The second-order valence-corrected chi connectivity index (χ2v) is 3.40. The minimum absolute atomic E-state index is 0.0389. The first kappa shape index (κ1) is 9.48. The first-order valence-electron chi connectivity index (χ1n) is 3.11. The first-order valence-corrected chi connectivity index (χ1v) is 4.28. The van der Waals surface area contributed by atoms with E-state index in [1.807, 2.05) is 0 Å². The summed E-state index contributed by atoms with van der Waals surface area (Å²) in [4.78, 5) is 14.1. The van der Waals surface area contributed by atoms with Crippen molar-refractivity contribution in [1.29, 1.82) is 0 Å². The number of carbonyl (C=O) groups is 1. The van der Waals surface area contributed by atoms with Gasteiger partial charge >= 0.3 is 5.97 Å². The van der Waals surface area contributed by atoms with Crippen molar-refractivity contribution >= 4 is 33.5 Å². The van der Waals surface area contributed by atoms with E-state index in [1.165, 1.54) is 6.20 Å². The van der Waals surface area contributed by atoms with Gasteiger partial charge in [0.15, 0.2) is 0 Å². The predicted molar refractivity (Wildman–Crippen MR) is 48.3 cm³/mol. The maximum absolute atomic E-state index is 10.3. The zero-order chi connectivity index (χ0) is 9.14. The van der Waals surface area contributed by atoms with Gasteiger partial charge in [-0.1, -0.05) is 11.6 Å². The van der Waals surface area contributed by atoms with E-state index < -0.39 is 5.97 Å². The molecule has 1 heterocycles. The Morgan fingerprint density at radius 3 is 2.92 bits per heavy atom. The molecule has 1 N–H and O–H groups in total. The van der Waals surface area contributed by atoms with Gasteiger partial charge in [0, 0.05) is 6.20 Å². The summed E-state index contributed by atoms with van der Waals surface area (Å²) >= 11 is 8.76. The lowest BCUT2D eigenvalue weighted by Crippen LogP contribution is -2.00. The number of carboxylic acid groups (broad SMARTS) is 1. The number of nitrogens with zero attached hydrogens (tertiary/aromatic N) is 1. The minimum atomic E-state index is -0.883. The molecule has 0 unspecified atom stereocenters. The van der Waals surface area contributed by atoms with Crippen LogP contribution in [0.5, 0.6) is 0 Å². The quantitative estimate of drug-likeness (QED) is 0.818. The maximum atomic E-state index is 10.3. The van der Waals surface area contributed by atoms with Gasteiger partial charge in [-0.25, -0.2) is 4.98 Å². The van der Waals surface area contributed by atoms with Crippen LogP contribution in [0.25, 0.3) is 0 Å². The highest BCUT2D eigenvalue weighted by Crippen LogP contribution is 2.20. The SMILES string of the molecule is O=C(O)Cc1cnc(Cl)c(Br)c1. The highest BCUT2D eigenvalue weighted by atomic mass is 79.9. The molecule has 3 nitrogen and oxygen atoms in total. The molecule has 0 aliphatic rings. The Kier molecular flexibility index (Phi) is 3.05. The minimum Gasteiger partial charge on any atom is -0.481 e. The van der Waals surface area contributed by atoms with Crippen LogP contribution in [0.1, 0.15) is 5.56 Å². The topological polar surface area (TPSA) is 50.2 Å². The molecule has 0 saturated carbocycles. The molecule has 0 saturated heterocycles. The van der Waals surface area contributed by atoms with Crippen LogP contribution in [0.3, 0.4) is 0 Å². The summed E-state index contributed by atoms with van der Waals surface area (Å²) in [6.45, 7) is 0. The van der Waals surface area contributed by atoms with Crippen LogP contribution < -0.4 is 0 Å². The van der Waals surface area contributed by atoms with Crippen molar-refractivity contribution in [3.8, 4) is 0 Å². The van der Waals surface area contributed by atoms with Crippen LogP contribution >= 0.6 is 27.5 Å². The average molecular weight is 250 g/mol. The van der Waals surface area contributed by atoms with Crippen LogP contribution in [0, 0.1) is 0 Å². The Morgan fingerprint density at radius 1 is 1.75 bits per heavy atom. The van der Waals surface area contributed by atoms with Gasteiger partial charge in [-0.15, -0.1) is 0 Å². The third-order valence-electron chi connectivity index (χ3n) is 1.21. The zero-order valence-electron chi connectivity index (χ0n) is 5.92. The molecule has 0 amide bonds. The fourth-order valence-corrected chi connectivity index (χ4v) is 1.23. The monoisotopic (exact) mass is 249 g/mol. The van der Waals surface area contributed by atoms with E-state index in [0.717, 1.165) is 0 Å². The van der Waals surface area contributed by atoms with Gasteiger partial charge in [-0.3, -0.25) is 4.79 Å². The van der Waals surface area contributed by atoms with Gasteiger partial charge in [-0.2, -0.15) is 0 Å². The second kappa shape index (κ2) is 3.87. The standard InChI is InChI=1S/C7H5BrClNO2/c8-5-1-4(2-6(11)12)3-10-7(5)9/h1,3H,2H2,(H,11,12). The Labute approximate surface area is 82.5 Å². The van der Waals surface area contributed by atoms with Gasteiger partial charge in [-0.05, 0) is 27.6 Å². The number of rotatable bonds is 2. The molecule has 0 aliphatic carbocycles. The molecule has 1 aromatic rings. The number of carboxylic acids is 1. The normalized spacial score (nSPS) is 9.83. The summed E-state index contributed by atoms with van der Waals surface area (Å²) < 4.78 is 0.614. The summed E-state index contributed by atoms with van der Waals surface area (Å²) in [7, 11) is 0. The molecule has 12 heavy (non-hydrogen) atoms. The summed E-state index contributed by atoms with van der Waals surface area (Å²) in [6, 6.07) is 1.64. The van der Waals surface area contributed by atoms with Crippen molar-refractivity contribution in [3.05, 3.63) is 27.5 Å². The van der Waals surface area contributed by atoms with Crippen LogP contribution in [-0.2, 0) is 11.2 Å². The molecule has 1 rings (SSSR count). The molecular formula is C7H5BrClNO2. The molecule has 0 atom stereocenters. The Hall–Kier alpha value is -0.610. The molecule has 1 aromatic heterocycles. The number of hydrogen-bond acceptors (Lipinski definition) is 2. The number of pyridine rings is 1. The van der Waals surface area contributed by atoms with Gasteiger partial charge in [0.2, 0.25) is 0 Å². The van der Waals surface area contributed by atoms with Crippen LogP contribution in [0.4, 0.5) is 0 Å². The van der Waals surface area contributed by atoms with Crippen LogP contribution in [0.2, 0.25) is 5.15 Å². The molecule has 64 valence electrons. The smallest absolute Gasteiger partial charge is 0.307 e. The Morgan fingerprint density at radius 2 is 2.42 bits per heavy atom. The molecule has 0 bridgehead atoms. The fraction of sp³-hybridized carbons (Fsp3) is 0.143. The van der Waals surface area contributed by atoms with Crippen molar-refractivity contribution in [1.82, 2.24) is 4.98 Å². The lowest BCUT2D eigenvalue weighted by atomic mass is 10.2. The molecule has 5 heteroatoms. The van der Waals surface area contributed by atoms with Crippen molar-refractivity contribution in [2.24, 2.45) is 0 Å². The third-order valence-corrected chi connectivity index (χ3v) is 2.34. The molecular weight excluding hydrogens is 245 g/mol.